The first kappa shape index (κ1) is 12.4. The van der Waals surface area contributed by atoms with Crippen LogP contribution in [0, 0.1) is 6.92 Å². The molecule has 1 aromatic carbocycles. The molecule has 0 fully saturated rings. The molecule has 2 aromatic rings. The molecule has 1 heterocycles. The molecule has 0 aliphatic heterocycles. The molecule has 0 saturated carbocycles. The first-order chi connectivity index (χ1) is 8.15. The molecule has 0 aliphatic rings. The highest BCUT2D eigenvalue weighted by Gasteiger charge is 2.11. The van der Waals surface area contributed by atoms with Gasteiger partial charge >= 0.3 is 0 Å². The Labute approximate surface area is 109 Å². The van der Waals surface area contributed by atoms with Crippen LogP contribution in [0.25, 0.3) is 10.6 Å². The van der Waals surface area contributed by atoms with E-state index >= 15 is 0 Å². The number of methoxy groups -OCH3 is 1. The molecule has 3 nitrogen and oxygen atoms in total. The van der Waals surface area contributed by atoms with Gasteiger partial charge in [-0.15, -0.1) is 11.3 Å². The van der Waals surface area contributed by atoms with Crippen LogP contribution in [0.4, 0.5) is 0 Å². The molecule has 2 rings (SSSR count). The van der Waals surface area contributed by atoms with E-state index in [-0.39, 0.29) is 6.61 Å². The van der Waals surface area contributed by atoms with Crippen LogP contribution in [-0.4, -0.2) is 17.2 Å². The summed E-state index contributed by atoms with van der Waals surface area (Å²) >= 11 is 7.59. The van der Waals surface area contributed by atoms with Crippen LogP contribution in [0.2, 0.25) is 5.02 Å². The third-order valence-corrected chi connectivity index (χ3v) is 3.66. The second kappa shape index (κ2) is 5.04. The number of aliphatic hydroxyl groups excluding tert-OH is 1. The number of aliphatic hydroxyl groups is 1. The Balaban J connectivity index is 2.48. The predicted molar refractivity (Wildman–Crippen MR) is 69.8 cm³/mol. The van der Waals surface area contributed by atoms with Gasteiger partial charge in [-0.05, 0) is 24.6 Å². The Morgan fingerprint density at radius 3 is 2.82 bits per heavy atom. The lowest BCUT2D eigenvalue weighted by atomic mass is 10.1. The molecule has 0 saturated heterocycles. The number of rotatable bonds is 3. The number of aromatic nitrogens is 1. The fraction of sp³-hybridized carbons (Fsp3) is 0.250. The molecule has 1 N–H and O–H groups in total. The average molecular weight is 270 g/mol. The second-order valence-electron chi connectivity index (χ2n) is 3.60. The van der Waals surface area contributed by atoms with Gasteiger partial charge in [0.15, 0.2) is 0 Å². The molecule has 0 amide bonds. The summed E-state index contributed by atoms with van der Waals surface area (Å²) in [5.41, 5.74) is 2.70. The number of hydrogen-bond acceptors (Lipinski definition) is 4. The van der Waals surface area contributed by atoms with Gasteiger partial charge in [-0.25, -0.2) is 4.98 Å². The maximum atomic E-state index is 9.00. The molecule has 90 valence electrons. The molecule has 0 aliphatic carbocycles. The van der Waals surface area contributed by atoms with Gasteiger partial charge in [0.25, 0.3) is 0 Å². The van der Waals surface area contributed by atoms with Gasteiger partial charge in [-0.2, -0.15) is 0 Å². The Morgan fingerprint density at radius 1 is 1.47 bits per heavy atom. The number of nitrogens with zero attached hydrogens (tertiary/aromatic N) is 1. The van der Waals surface area contributed by atoms with Crippen LogP contribution >= 0.6 is 22.9 Å². The van der Waals surface area contributed by atoms with E-state index in [1.54, 1.807) is 7.11 Å². The lowest BCUT2D eigenvalue weighted by Crippen LogP contribution is -1.89. The fourth-order valence-corrected chi connectivity index (χ4v) is 2.68. The monoisotopic (exact) mass is 269 g/mol. The third-order valence-electron chi connectivity index (χ3n) is 2.44. The van der Waals surface area contributed by atoms with Crippen molar-refractivity contribution in [2.75, 3.05) is 7.11 Å². The van der Waals surface area contributed by atoms with Crippen LogP contribution in [0.15, 0.2) is 17.5 Å². The van der Waals surface area contributed by atoms with E-state index in [1.165, 1.54) is 11.3 Å². The quantitative estimate of drug-likeness (QED) is 0.930. The van der Waals surface area contributed by atoms with Gasteiger partial charge in [0.2, 0.25) is 0 Å². The lowest BCUT2D eigenvalue weighted by Gasteiger charge is -2.08. The molecule has 1 aromatic heterocycles. The summed E-state index contributed by atoms with van der Waals surface area (Å²) in [6.07, 6.45) is 0. The number of halogens is 1. The summed E-state index contributed by atoms with van der Waals surface area (Å²) in [7, 11) is 1.59. The molecule has 17 heavy (non-hydrogen) atoms. The minimum atomic E-state index is -0.0422. The van der Waals surface area contributed by atoms with E-state index in [1.807, 2.05) is 24.4 Å². The molecule has 0 atom stereocenters. The smallest absolute Gasteiger partial charge is 0.137 e. The van der Waals surface area contributed by atoms with E-state index in [0.29, 0.717) is 16.5 Å². The van der Waals surface area contributed by atoms with E-state index in [0.717, 1.165) is 16.1 Å². The third kappa shape index (κ3) is 2.44. The van der Waals surface area contributed by atoms with Gasteiger partial charge in [0.1, 0.15) is 10.8 Å². The summed E-state index contributed by atoms with van der Waals surface area (Å²) in [6.45, 7) is 1.94. The Kier molecular flexibility index (Phi) is 3.66. The average Bonchev–Trinajstić information content (AvgIpc) is 2.80. The first-order valence-electron chi connectivity index (χ1n) is 5.05. The van der Waals surface area contributed by atoms with Crippen molar-refractivity contribution in [2.45, 2.75) is 13.5 Å². The van der Waals surface area contributed by atoms with Gasteiger partial charge in [0.05, 0.1) is 24.4 Å². The van der Waals surface area contributed by atoms with Crippen molar-refractivity contribution in [3.8, 4) is 16.3 Å². The summed E-state index contributed by atoms with van der Waals surface area (Å²) in [6, 6.07) is 3.73. The van der Waals surface area contributed by atoms with E-state index in [4.69, 9.17) is 21.4 Å². The maximum absolute atomic E-state index is 9.00. The van der Waals surface area contributed by atoms with Crippen molar-refractivity contribution in [3.63, 3.8) is 0 Å². The Hall–Kier alpha value is -1.10. The zero-order valence-corrected chi connectivity index (χ0v) is 11.1. The van der Waals surface area contributed by atoms with E-state index in [9.17, 15) is 0 Å². The number of aryl methyl sites for hydroxylation is 1. The van der Waals surface area contributed by atoms with Crippen LogP contribution in [0.1, 0.15) is 11.3 Å². The van der Waals surface area contributed by atoms with Crippen LogP contribution in [-0.2, 0) is 6.61 Å². The largest absolute Gasteiger partial charge is 0.495 e. The number of hydrogen-bond donors (Lipinski definition) is 1. The molecule has 5 heteroatoms. The standard InChI is InChI=1S/C12H12ClNO2S/c1-7-3-11(16-2)10(13)4-9(7)12-14-8(5-15)6-17-12/h3-4,6,15H,5H2,1-2H3. The fourth-order valence-electron chi connectivity index (χ4n) is 1.55. The number of ether oxygens (including phenoxy) is 1. The summed E-state index contributed by atoms with van der Waals surface area (Å²) in [4.78, 5) is 4.33. The van der Waals surface area contributed by atoms with Gasteiger partial charge < -0.3 is 9.84 Å². The summed E-state index contributed by atoms with van der Waals surface area (Å²) < 4.78 is 5.15. The highest BCUT2D eigenvalue weighted by molar-refractivity contribution is 7.13. The predicted octanol–water partition coefficient (Wildman–Crippen LogP) is 3.27. The molecule has 0 bridgehead atoms. The summed E-state index contributed by atoms with van der Waals surface area (Å²) in [5.74, 6) is 0.659. The molecular formula is C12H12ClNO2S. The van der Waals surface area contributed by atoms with Crippen molar-refractivity contribution in [3.05, 3.63) is 33.8 Å². The lowest BCUT2D eigenvalue weighted by molar-refractivity contribution is 0.278. The minimum Gasteiger partial charge on any atom is -0.495 e. The SMILES string of the molecule is COc1cc(C)c(-c2nc(CO)cs2)cc1Cl. The molecule has 0 unspecified atom stereocenters. The topological polar surface area (TPSA) is 42.4 Å². The minimum absolute atomic E-state index is 0.0422. The Bertz CT molecular complexity index is 539. The van der Waals surface area contributed by atoms with Gasteiger partial charge in [-0.3, -0.25) is 0 Å². The Morgan fingerprint density at radius 2 is 2.24 bits per heavy atom. The normalized spacial score (nSPS) is 10.6. The molecule has 0 radical (unpaired) electrons. The molecular weight excluding hydrogens is 258 g/mol. The highest BCUT2D eigenvalue weighted by Crippen LogP contribution is 2.34. The highest BCUT2D eigenvalue weighted by atomic mass is 35.5. The van der Waals surface area contributed by atoms with Crippen molar-refractivity contribution in [2.24, 2.45) is 0 Å². The zero-order chi connectivity index (χ0) is 12.4. The first-order valence-corrected chi connectivity index (χ1v) is 6.31. The summed E-state index contributed by atoms with van der Waals surface area (Å²) in [5, 5.41) is 12.3. The van der Waals surface area contributed by atoms with Crippen molar-refractivity contribution in [1.29, 1.82) is 0 Å². The van der Waals surface area contributed by atoms with Crippen LogP contribution in [0.3, 0.4) is 0 Å². The number of benzene rings is 1. The van der Waals surface area contributed by atoms with E-state index < -0.39 is 0 Å². The van der Waals surface area contributed by atoms with Crippen LogP contribution in [0.5, 0.6) is 5.75 Å². The second-order valence-corrected chi connectivity index (χ2v) is 4.87. The zero-order valence-electron chi connectivity index (χ0n) is 9.53. The number of thiazole rings is 1. The van der Waals surface area contributed by atoms with Crippen LogP contribution < -0.4 is 4.74 Å². The van der Waals surface area contributed by atoms with Crippen molar-refractivity contribution < 1.29 is 9.84 Å². The van der Waals surface area contributed by atoms with Crippen molar-refractivity contribution >= 4 is 22.9 Å². The molecule has 0 spiro atoms. The van der Waals surface area contributed by atoms with Gasteiger partial charge in [0, 0.05) is 10.9 Å². The van der Waals surface area contributed by atoms with Gasteiger partial charge in [-0.1, -0.05) is 11.6 Å². The van der Waals surface area contributed by atoms with Crippen molar-refractivity contribution in [1.82, 2.24) is 4.98 Å². The van der Waals surface area contributed by atoms with E-state index in [2.05, 4.69) is 4.98 Å². The maximum Gasteiger partial charge on any atom is 0.137 e.